The standard InChI is InChI=1S/C22H24N2O/c25-22-21-9-5-4-8-17(21)15-24(22)20-12-18-10-11-19(13-20)23(18)14-16-6-2-1-3-7-16/h1-9,18-20H,10-15H2. The minimum atomic E-state index is 0.247. The summed E-state index contributed by atoms with van der Waals surface area (Å²) in [4.78, 5) is 17.7. The molecule has 0 N–H and O–H groups in total. The van der Waals surface area contributed by atoms with Crippen molar-refractivity contribution in [3.63, 3.8) is 0 Å². The van der Waals surface area contributed by atoms with Crippen LogP contribution in [0.2, 0.25) is 0 Å². The quantitative estimate of drug-likeness (QED) is 0.853. The maximum absolute atomic E-state index is 12.8. The van der Waals surface area contributed by atoms with Crippen LogP contribution >= 0.6 is 0 Å². The molecule has 3 aliphatic rings. The third-order valence-electron chi connectivity index (χ3n) is 6.36. The average molecular weight is 332 g/mol. The monoisotopic (exact) mass is 332 g/mol. The van der Waals surface area contributed by atoms with E-state index in [1.807, 2.05) is 18.2 Å². The topological polar surface area (TPSA) is 23.6 Å². The average Bonchev–Trinajstić information content (AvgIpc) is 3.09. The zero-order chi connectivity index (χ0) is 16.8. The molecule has 0 aromatic heterocycles. The molecule has 2 saturated heterocycles. The Morgan fingerprint density at radius 3 is 2.24 bits per heavy atom. The van der Waals surface area contributed by atoms with Crippen LogP contribution in [0.25, 0.3) is 0 Å². The number of piperidine rings is 1. The molecule has 1 amide bonds. The van der Waals surface area contributed by atoms with Gasteiger partial charge < -0.3 is 4.90 Å². The molecule has 5 rings (SSSR count). The van der Waals surface area contributed by atoms with Gasteiger partial charge in [0, 0.05) is 36.8 Å². The van der Waals surface area contributed by atoms with E-state index in [2.05, 4.69) is 46.2 Å². The third kappa shape index (κ3) is 2.58. The van der Waals surface area contributed by atoms with Crippen LogP contribution in [-0.4, -0.2) is 33.8 Å². The van der Waals surface area contributed by atoms with Crippen molar-refractivity contribution in [1.29, 1.82) is 0 Å². The number of hydrogen-bond donors (Lipinski definition) is 0. The Hall–Kier alpha value is -2.13. The van der Waals surface area contributed by atoms with Crippen LogP contribution in [0.3, 0.4) is 0 Å². The number of fused-ring (bicyclic) bond motifs is 3. The van der Waals surface area contributed by atoms with Crippen molar-refractivity contribution < 1.29 is 4.79 Å². The molecule has 2 atom stereocenters. The van der Waals surface area contributed by atoms with Gasteiger partial charge in [0.15, 0.2) is 0 Å². The van der Waals surface area contributed by atoms with Crippen molar-refractivity contribution in [2.75, 3.05) is 0 Å². The van der Waals surface area contributed by atoms with E-state index in [1.54, 1.807) is 0 Å². The molecule has 25 heavy (non-hydrogen) atoms. The Labute approximate surface area is 149 Å². The van der Waals surface area contributed by atoms with Crippen molar-refractivity contribution in [3.8, 4) is 0 Å². The van der Waals surface area contributed by atoms with Crippen LogP contribution < -0.4 is 0 Å². The van der Waals surface area contributed by atoms with Crippen molar-refractivity contribution in [2.45, 2.75) is 56.9 Å². The molecule has 3 aliphatic heterocycles. The molecule has 3 nitrogen and oxygen atoms in total. The number of rotatable bonds is 3. The van der Waals surface area contributed by atoms with Crippen LogP contribution in [0.15, 0.2) is 54.6 Å². The Bertz CT molecular complexity index is 774. The van der Waals surface area contributed by atoms with E-state index in [0.29, 0.717) is 18.1 Å². The Morgan fingerprint density at radius 1 is 0.840 bits per heavy atom. The van der Waals surface area contributed by atoms with E-state index in [1.165, 1.54) is 24.0 Å². The highest BCUT2D eigenvalue weighted by Crippen LogP contribution is 2.40. The van der Waals surface area contributed by atoms with Crippen LogP contribution in [-0.2, 0) is 13.1 Å². The zero-order valence-electron chi connectivity index (χ0n) is 14.5. The first kappa shape index (κ1) is 15.2. The Kier molecular flexibility index (Phi) is 3.63. The molecule has 128 valence electrons. The molecule has 2 fully saturated rings. The second-order valence-electron chi connectivity index (χ2n) is 7.76. The van der Waals surface area contributed by atoms with E-state index < -0.39 is 0 Å². The number of carbonyl (C=O) groups is 1. The molecule has 2 aromatic carbocycles. The molecule has 2 unspecified atom stereocenters. The molecule has 0 saturated carbocycles. The van der Waals surface area contributed by atoms with Gasteiger partial charge in [-0.3, -0.25) is 9.69 Å². The van der Waals surface area contributed by atoms with Gasteiger partial charge in [-0.05, 0) is 42.9 Å². The van der Waals surface area contributed by atoms with Crippen LogP contribution in [0, 0.1) is 0 Å². The van der Waals surface area contributed by atoms with Crippen molar-refractivity contribution >= 4 is 5.91 Å². The van der Waals surface area contributed by atoms with Crippen molar-refractivity contribution in [3.05, 3.63) is 71.3 Å². The Balaban J connectivity index is 1.32. The first-order valence-electron chi connectivity index (χ1n) is 9.48. The number of amides is 1. The van der Waals surface area contributed by atoms with Crippen LogP contribution in [0.5, 0.6) is 0 Å². The third-order valence-corrected chi connectivity index (χ3v) is 6.36. The second kappa shape index (κ2) is 5.99. The van der Waals surface area contributed by atoms with Gasteiger partial charge in [-0.15, -0.1) is 0 Å². The zero-order valence-corrected chi connectivity index (χ0v) is 14.5. The Morgan fingerprint density at radius 2 is 1.52 bits per heavy atom. The summed E-state index contributed by atoms with van der Waals surface area (Å²) in [6, 6.07) is 20.6. The normalized spacial score (nSPS) is 28.4. The van der Waals surface area contributed by atoms with E-state index in [9.17, 15) is 4.79 Å². The van der Waals surface area contributed by atoms with Gasteiger partial charge in [0.25, 0.3) is 5.91 Å². The highest BCUT2D eigenvalue weighted by molar-refractivity contribution is 5.98. The van der Waals surface area contributed by atoms with Gasteiger partial charge in [0.1, 0.15) is 0 Å². The smallest absolute Gasteiger partial charge is 0.254 e. The lowest BCUT2D eigenvalue weighted by molar-refractivity contribution is 0.0417. The maximum Gasteiger partial charge on any atom is 0.254 e. The largest absolute Gasteiger partial charge is 0.331 e. The highest BCUT2D eigenvalue weighted by atomic mass is 16.2. The fraction of sp³-hybridized carbons (Fsp3) is 0.409. The molecule has 0 aliphatic carbocycles. The summed E-state index contributed by atoms with van der Waals surface area (Å²) in [5.41, 5.74) is 3.52. The molecular formula is C22H24N2O. The summed E-state index contributed by atoms with van der Waals surface area (Å²) in [6.07, 6.45) is 4.82. The number of benzene rings is 2. The van der Waals surface area contributed by atoms with Crippen LogP contribution in [0.4, 0.5) is 0 Å². The van der Waals surface area contributed by atoms with Gasteiger partial charge in [0.05, 0.1) is 0 Å². The molecule has 3 heteroatoms. The number of nitrogens with zero attached hydrogens (tertiary/aromatic N) is 2. The van der Waals surface area contributed by atoms with Gasteiger partial charge in [-0.1, -0.05) is 48.5 Å². The first-order chi connectivity index (χ1) is 12.3. The highest BCUT2D eigenvalue weighted by Gasteiger charge is 2.44. The van der Waals surface area contributed by atoms with E-state index in [-0.39, 0.29) is 5.91 Å². The van der Waals surface area contributed by atoms with E-state index in [0.717, 1.165) is 31.5 Å². The summed E-state index contributed by atoms with van der Waals surface area (Å²) >= 11 is 0. The van der Waals surface area contributed by atoms with Crippen LogP contribution in [0.1, 0.15) is 47.2 Å². The van der Waals surface area contributed by atoms with E-state index in [4.69, 9.17) is 0 Å². The van der Waals surface area contributed by atoms with Gasteiger partial charge in [0.2, 0.25) is 0 Å². The maximum atomic E-state index is 12.8. The van der Waals surface area contributed by atoms with Crippen molar-refractivity contribution in [2.24, 2.45) is 0 Å². The first-order valence-corrected chi connectivity index (χ1v) is 9.48. The lowest BCUT2D eigenvalue weighted by atomic mass is 9.95. The van der Waals surface area contributed by atoms with Gasteiger partial charge in [-0.2, -0.15) is 0 Å². The molecule has 2 bridgehead atoms. The van der Waals surface area contributed by atoms with E-state index >= 15 is 0 Å². The lowest BCUT2D eigenvalue weighted by Gasteiger charge is -2.42. The minimum Gasteiger partial charge on any atom is -0.331 e. The summed E-state index contributed by atoms with van der Waals surface area (Å²) < 4.78 is 0. The fourth-order valence-electron chi connectivity index (χ4n) is 5.12. The lowest BCUT2D eigenvalue weighted by Crippen LogP contribution is -2.50. The SMILES string of the molecule is O=C1c2ccccc2CN1C1CC2CCC(C1)N2Cc1ccccc1. The molecule has 2 aromatic rings. The molecule has 3 heterocycles. The number of carbonyl (C=O) groups excluding carboxylic acids is 1. The summed E-state index contributed by atoms with van der Waals surface area (Å²) in [5.74, 6) is 0.247. The van der Waals surface area contributed by atoms with Gasteiger partial charge >= 0.3 is 0 Å². The molecule has 0 radical (unpaired) electrons. The fourth-order valence-corrected chi connectivity index (χ4v) is 5.12. The summed E-state index contributed by atoms with van der Waals surface area (Å²) in [6.45, 7) is 1.86. The number of hydrogen-bond acceptors (Lipinski definition) is 2. The predicted molar refractivity (Wildman–Crippen MR) is 98.1 cm³/mol. The van der Waals surface area contributed by atoms with Gasteiger partial charge in [-0.25, -0.2) is 0 Å². The predicted octanol–water partition coefficient (Wildman–Crippen LogP) is 3.84. The summed E-state index contributed by atoms with van der Waals surface area (Å²) in [5, 5.41) is 0. The molecule has 0 spiro atoms. The molecular weight excluding hydrogens is 308 g/mol. The summed E-state index contributed by atoms with van der Waals surface area (Å²) in [7, 11) is 0. The second-order valence-corrected chi connectivity index (χ2v) is 7.76. The minimum absolute atomic E-state index is 0.247. The van der Waals surface area contributed by atoms with Crippen molar-refractivity contribution in [1.82, 2.24) is 9.80 Å².